The summed E-state index contributed by atoms with van der Waals surface area (Å²) in [5.41, 5.74) is 4.28. The zero-order chi connectivity index (χ0) is 12.4. The number of aryl methyl sites for hydroxylation is 2. The van der Waals surface area contributed by atoms with Crippen molar-refractivity contribution in [2.75, 3.05) is 0 Å². The first-order valence-electron chi connectivity index (χ1n) is 5.59. The Hall–Kier alpha value is -1.12. The average molecular weight is 291 g/mol. The minimum atomic E-state index is -0.579. The smallest absolute Gasteiger partial charge is 0.105 e. The van der Waals surface area contributed by atoms with Gasteiger partial charge in [0.15, 0.2) is 0 Å². The van der Waals surface area contributed by atoms with Gasteiger partial charge in [0.05, 0.1) is 0 Å². The van der Waals surface area contributed by atoms with Crippen molar-refractivity contribution in [1.82, 2.24) is 0 Å². The van der Waals surface area contributed by atoms with Crippen molar-refractivity contribution in [3.8, 4) is 0 Å². The number of aliphatic hydroxyl groups is 1. The summed E-state index contributed by atoms with van der Waals surface area (Å²) in [6.45, 7) is 4.13. The summed E-state index contributed by atoms with van der Waals surface area (Å²) in [7, 11) is 0. The van der Waals surface area contributed by atoms with Crippen LogP contribution in [0.25, 0.3) is 0 Å². The van der Waals surface area contributed by atoms with Gasteiger partial charge < -0.3 is 5.11 Å². The largest absolute Gasteiger partial charge is 0.384 e. The topological polar surface area (TPSA) is 20.2 Å². The molecule has 2 rings (SSSR count). The van der Waals surface area contributed by atoms with Crippen LogP contribution in [-0.2, 0) is 0 Å². The molecule has 0 saturated heterocycles. The molecule has 0 aliphatic carbocycles. The van der Waals surface area contributed by atoms with Crippen molar-refractivity contribution >= 4 is 15.9 Å². The van der Waals surface area contributed by atoms with Gasteiger partial charge in [-0.1, -0.05) is 52.3 Å². The molecule has 0 unspecified atom stereocenters. The number of rotatable bonds is 2. The molecule has 1 atom stereocenters. The van der Waals surface area contributed by atoms with E-state index >= 15 is 0 Å². The summed E-state index contributed by atoms with van der Waals surface area (Å²) < 4.78 is 0.936. The highest BCUT2D eigenvalue weighted by Crippen LogP contribution is 2.29. The molecule has 1 N–H and O–H groups in total. The standard InChI is InChI=1S/C15H15BrO/c1-10-7-8-12(9-11(10)2)15(17)13-5-3-4-6-14(13)16/h3-9,15,17H,1-2H3/t15-/m1/s1. The van der Waals surface area contributed by atoms with Crippen LogP contribution in [0.4, 0.5) is 0 Å². The molecule has 2 aromatic carbocycles. The van der Waals surface area contributed by atoms with E-state index in [0.717, 1.165) is 15.6 Å². The third kappa shape index (κ3) is 2.59. The average Bonchev–Trinajstić information content (AvgIpc) is 2.32. The molecule has 1 nitrogen and oxygen atoms in total. The van der Waals surface area contributed by atoms with Crippen molar-refractivity contribution in [3.63, 3.8) is 0 Å². The fraction of sp³-hybridized carbons (Fsp3) is 0.200. The van der Waals surface area contributed by atoms with Crippen LogP contribution in [0.2, 0.25) is 0 Å². The van der Waals surface area contributed by atoms with Crippen LogP contribution < -0.4 is 0 Å². The first kappa shape index (κ1) is 12.3. The number of hydrogen-bond donors (Lipinski definition) is 1. The highest BCUT2D eigenvalue weighted by molar-refractivity contribution is 9.10. The predicted molar refractivity (Wildman–Crippen MR) is 74.1 cm³/mol. The van der Waals surface area contributed by atoms with Crippen LogP contribution in [0, 0.1) is 13.8 Å². The predicted octanol–water partition coefficient (Wildman–Crippen LogP) is 4.15. The zero-order valence-electron chi connectivity index (χ0n) is 9.94. The van der Waals surface area contributed by atoms with E-state index in [4.69, 9.17) is 0 Å². The lowest BCUT2D eigenvalue weighted by Gasteiger charge is -2.14. The SMILES string of the molecule is Cc1ccc([C@@H](O)c2ccccc2Br)cc1C. The molecule has 0 aliphatic heterocycles. The zero-order valence-corrected chi connectivity index (χ0v) is 11.5. The highest BCUT2D eigenvalue weighted by Gasteiger charge is 2.13. The molecular formula is C15H15BrO. The van der Waals surface area contributed by atoms with E-state index in [2.05, 4.69) is 29.8 Å². The summed E-state index contributed by atoms with van der Waals surface area (Å²) >= 11 is 3.47. The number of benzene rings is 2. The Kier molecular flexibility index (Phi) is 3.65. The minimum absolute atomic E-state index is 0.579. The first-order valence-corrected chi connectivity index (χ1v) is 6.38. The van der Waals surface area contributed by atoms with Gasteiger partial charge in [-0.3, -0.25) is 0 Å². The van der Waals surface area contributed by atoms with Crippen molar-refractivity contribution < 1.29 is 5.11 Å². The monoisotopic (exact) mass is 290 g/mol. The van der Waals surface area contributed by atoms with Gasteiger partial charge in [0.1, 0.15) is 6.10 Å². The van der Waals surface area contributed by atoms with Gasteiger partial charge >= 0.3 is 0 Å². The maximum Gasteiger partial charge on any atom is 0.105 e. The van der Waals surface area contributed by atoms with Crippen molar-refractivity contribution in [1.29, 1.82) is 0 Å². The van der Waals surface area contributed by atoms with E-state index in [-0.39, 0.29) is 0 Å². The van der Waals surface area contributed by atoms with Gasteiger partial charge in [0.25, 0.3) is 0 Å². The Balaban J connectivity index is 2.40. The van der Waals surface area contributed by atoms with E-state index in [1.165, 1.54) is 11.1 Å². The summed E-state index contributed by atoms with van der Waals surface area (Å²) in [6, 6.07) is 13.8. The maximum absolute atomic E-state index is 10.4. The lowest BCUT2D eigenvalue weighted by Crippen LogP contribution is -2.01. The molecule has 0 amide bonds. The molecule has 0 radical (unpaired) electrons. The summed E-state index contributed by atoms with van der Waals surface area (Å²) in [5.74, 6) is 0. The molecule has 0 aliphatic rings. The first-order chi connectivity index (χ1) is 8.09. The molecule has 0 heterocycles. The third-order valence-electron chi connectivity index (χ3n) is 3.05. The Labute approximate surface area is 110 Å². The minimum Gasteiger partial charge on any atom is -0.384 e. The molecule has 0 fully saturated rings. The number of hydrogen-bond acceptors (Lipinski definition) is 1. The Morgan fingerprint density at radius 3 is 2.35 bits per heavy atom. The molecule has 0 aromatic heterocycles. The molecular weight excluding hydrogens is 276 g/mol. The van der Waals surface area contributed by atoms with E-state index in [1.807, 2.05) is 42.5 Å². The highest BCUT2D eigenvalue weighted by atomic mass is 79.9. The molecule has 2 heteroatoms. The quantitative estimate of drug-likeness (QED) is 0.881. The molecule has 0 bridgehead atoms. The van der Waals surface area contributed by atoms with E-state index < -0.39 is 6.10 Å². The lowest BCUT2D eigenvalue weighted by molar-refractivity contribution is 0.219. The molecule has 2 aromatic rings. The van der Waals surface area contributed by atoms with Crippen LogP contribution in [0.1, 0.15) is 28.4 Å². The molecule has 0 spiro atoms. The second-order valence-corrected chi connectivity index (χ2v) is 5.12. The maximum atomic E-state index is 10.4. The fourth-order valence-electron chi connectivity index (χ4n) is 1.81. The molecule has 17 heavy (non-hydrogen) atoms. The Bertz CT molecular complexity index is 534. The number of aliphatic hydroxyl groups excluding tert-OH is 1. The Morgan fingerprint density at radius 2 is 1.71 bits per heavy atom. The molecule has 0 saturated carbocycles. The second-order valence-electron chi connectivity index (χ2n) is 4.27. The lowest BCUT2D eigenvalue weighted by atomic mass is 9.98. The van der Waals surface area contributed by atoms with Crippen LogP contribution in [-0.4, -0.2) is 5.11 Å². The summed E-state index contributed by atoms with van der Waals surface area (Å²) in [5, 5.41) is 10.4. The summed E-state index contributed by atoms with van der Waals surface area (Å²) in [4.78, 5) is 0. The van der Waals surface area contributed by atoms with Gasteiger partial charge in [-0.05, 0) is 42.2 Å². The van der Waals surface area contributed by atoms with Crippen LogP contribution >= 0.6 is 15.9 Å². The van der Waals surface area contributed by atoms with Crippen molar-refractivity contribution in [2.24, 2.45) is 0 Å². The van der Waals surface area contributed by atoms with Gasteiger partial charge in [0.2, 0.25) is 0 Å². The van der Waals surface area contributed by atoms with Crippen LogP contribution in [0.15, 0.2) is 46.9 Å². The van der Waals surface area contributed by atoms with Gasteiger partial charge in [-0.2, -0.15) is 0 Å². The Morgan fingerprint density at radius 1 is 1.00 bits per heavy atom. The summed E-state index contributed by atoms with van der Waals surface area (Å²) in [6.07, 6.45) is -0.579. The van der Waals surface area contributed by atoms with Crippen LogP contribution in [0.5, 0.6) is 0 Å². The normalized spacial score (nSPS) is 12.5. The van der Waals surface area contributed by atoms with Crippen LogP contribution in [0.3, 0.4) is 0 Å². The van der Waals surface area contributed by atoms with Gasteiger partial charge in [-0.15, -0.1) is 0 Å². The van der Waals surface area contributed by atoms with Crippen molar-refractivity contribution in [3.05, 3.63) is 69.2 Å². The molecule has 88 valence electrons. The second kappa shape index (κ2) is 5.03. The van der Waals surface area contributed by atoms with E-state index in [0.29, 0.717) is 0 Å². The third-order valence-corrected chi connectivity index (χ3v) is 3.77. The fourth-order valence-corrected chi connectivity index (χ4v) is 2.31. The van der Waals surface area contributed by atoms with Crippen molar-refractivity contribution in [2.45, 2.75) is 20.0 Å². The van der Waals surface area contributed by atoms with E-state index in [9.17, 15) is 5.11 Å². The number of halogens is 1. The van der Waals surface area contributed by atoms with Gasteiger partial charge in [-0.25, -0.2) is 0 Å². The van der Waals surface area contributed by atoms with Gasteiger partial charge in [0, 0.05) is 4.47 Å². The van der Waals surface area contributed by atoms with E-state index in [1.54, 1.807) is 0 Å².